The average molecular weight is 342 g/mol. The second-order valence-corrected chi connectivity index (χ2v) is 7.84. The number of benzene rings is 1. The molecular weight excluding hydrogens is 312 g/mol. The summed E-state index contributed by atoms with van der Waals surface area (Å²) in [7, 11) is 0. The zero-order chi connectivity index (χ0) is 17.8. The van der Waals surface area contributed by atoms with Gasteiger partial charge in [0.1, 0.15) is 0 Å². The number of carbonyl (C=O) groups is 2. The van der Waals surface area contributed by atoms with Gasteiger partial charge in [-0.1, -0.05) is 38.1 Å². The Morgan fingerprint density at radius 2 is 2.00 bits per heavy atom. The highest BCUT2D eigenvalue weighted by atomic mass is 16.2. The Balaban J connectivity index is 1.62. The summed E-state index contributed by atoms with van der Waals surface area (Å²) in [5.41, 5.74) is 2.57. The van der Waals surface area contributed by atoms with Crippen LogP contribution in [0.25, 0.3) is 0 Å². The zero-order valence-electron chi connectivity index (χ0n) is 15.5. The fourth-order valence-corrected chi connectivity index (χ4v) is 4.11. The number of hydrogen-bond acceptors (Lipinski definition) is 2. The van der Waals surface area contributed by atoms with E-state index in [4.69, 9.17) is 0 Å². The van der Waals surface area contributed by atoms with Gasteiger partial charge in [0.25, 0.3) is 0 Å². The van der Waals surface area contributed by atoms with E-state index in [1.807, 2.05) is 24.8 Å². The molecule has 1 aromatic rings. The highest BCUT2D eigenvalue weighted by molar-refractivity contribution is 5.84. The van der Waals surface area contributed by atoms with Crippen LogP contribution in [0.5, 0.6) is 0 Å². The number of hydrogen-bond donors (Lipinski definition) is 1. The van der Waals surface area contributed by atoms with Crippen molar-refractivity contribution in [2.75, 3.05) is 19.6 Å². The van der Waals surface area contributed by atoms with Gasteiger partial charge in [0.15, 0.2) is 0 Å². The molecule has 0 bridgehead atoms. The van der Waals surface area contributed by atoms with Crippen LogP contribution >= 0.6 is 0 Å². The number of likely N-dealkylation sites (tertiary alicyclic amines) is 1. The molecule has 2 atom stereocenters. The van der Waals surface area contributed by atoms with Crippen LogP contribution in [0.3, 0.4) is 0 Å². The van der Waals surface area contributed by atoms with Crippen LogP contribution in [0.1, 0.15) is 56.6 Å². The second kappa shape index (κ2) is 8.03. The summed E-state index contributed by atoms with van der Waals surface area (Å²) in [6.45, 7) is 6.13. The Bertz CT molecular complexity index is 626. The molecule has 1 saturated heterocycles. The molecule has 1 aromatic carbocycles. The molecule has 1 aliphatic carbocycles. The van der Waals surface area contributed by atoms with Gasteiger partial charge in [-0.25, -0.2) is 0 Å². The molecule has 1 N–H and O–H groups in total. The van der Waals surface area contributed by atoms with Gasteiger partial charge in [-0.3, -0.25) is 9.59 Å². The monoisotopic (exact) mass is 342 g/mol. The van der Waals surface area contributed by atoms with Gasteiger partial charge in [-0.05, 0) is 49.1 Å². The highest BCUT2D eigenvalue weighted by Crippen LogP contribution is 2.33. The lowest BCUT2D eigenvalue weighted by molar-refractivity contribution is -0.135. The lowest BCUT2D eigenvalue weighted by Crippen LogP contribution is -2.46. The van der Waals surface area contributed by atoms with Crippen molar-refractivity contribution in [2.45, 2.75) is 51.9 Å². The predicted octanol–water partition coefficient (Wildman–Crippen LogP) is 3.12. The molecule has 3 rings (SSSR count). The maximum atomic E-state index is 13.1. The zero-order valence-corrected chi connectivity index (χ0v) is 15.5. The quantitative estimate of drug-likeness (QED) is 0.914. The molecule has 2 amide bonds. The summed E-state index contributed by atoms with van der Waals surface area (Å²) in [4.78, 5) is 27.0. The van der Waals surface area contributed by atoms with Crippen molar-refractivity contribution in [3.8, 4) is 0 Å². The largest absolute Gasteiger partial charge is 0.356 e. The summed E-state index contributed by atoms with van der Waals surface area (Å²) < 4.78 is 0. The van der Waals surface area contributed by atoms with Crippen LogP contribution in [-0.4, -0.2) is 36.3 Å². The molecule has 1 heterocycles. The number of aryl methyl sites for hydroxylation is 1. The standard InChI is InChI=1S/C21H30N2O2/c1-15(2)20(24)22-13-16-7-6-12-23(14-16)21(25)19-11-5-9-17-8-3-4-10-18(17)19/h3-4,8,10,15-16,19H,5-7,9,11-14H2,1-2H3,(H,22,24)/t16-,19+/m0/s1. The second-order valence-electron chi connectivity index (χ2n) is 7.84. The smallest absolute Gasteiger partial charge is 0.230 e. The van der Waals surface area contributed by atoms with Crippen LogP contribution in [0.2, 0.25) is 0 Å². The first-order valence-corrected chi connectivity index (χ1v) is 9.70. The third kappa shape index (κ3) is 4.23. The van der Waals surface area contributed by atoms with Crippen molar-refractivity contribution in [3.05, 3.63) is 35.4 Å². The van der Waals surface area contributed by atoms with Crippen molar-refractivity contribution >= 4 is 11.8 Å². The van der Waals surface area contributed by atoms with E-state index in [1.54, 1.807) is 0 Å². The minimum atomic E-state index is 0.0140. The Labute approximate surface area is 151 Å². The highest BCUT2D eigenvalue weighted by Gasteiger charge is 2.32. The minimum absolute atomic E-state index is 0.0140. The molecule has 0 saturated carbocycles. The molecule has 0 unspecified atom stereocenters. The number of fused-ring (bicyclic) bond motifs is 1. The van der Waals surface area contributed by atoms with E-state index in [-0.39, 0.29) is 23.7 Å². The Morgan fingerprint density at radius 3 is 2.80 bits per heavy atom. The number of nitrogens with one attached hydrogen (secondary N) is 1. The summed E-state index contributed by atoms with van der Waals surface area (Å²) in [5, 5.41) is 3.03. The summed E-state index contributed by atoms with van der Waals surface area (Å²) in [6.07, 6.45) is 5.26. The average Bonchev–Trinajstić information content (AvgIpc) is 2.65. The van der Waals surface area contributed by atoms with Gasteiger partial charge < -0.3 is 10.2 Å². The maximum Gasteiger partial charge on any atom is 0.230 e. The van der Waals surface area contributed by atoms with E-state index in [9.17, 15) is 9.59 Å². The van der Waals surface area contributed by atoms with Crippen molar-refractivity contribution in [3.63, 3.8) is 0 Å². The third-order valence-corrected chi connectivity index (χ3v) is 5.59. The topological polar surface area (TPSA) is 49.4 Å². The van der Waals surface area contributed by atoms with Gasteiger partial charge in [-0.15, -0.1) is 0 Å². The number of carbonyl (C=O) groups excluding carboxylic acids is 2. The van der Waals surface area contributed by atoms with Gasteiger partial charge in [0.2, 0.25) is 11.8 Å². The van der Waals surface area contributed by atoms with Crippen LogP contribution in [0, 0.1) is 11.8 Å². The molecule has 1 aliphatic heterocycles. The number of nitrogens with zero attached hydrogens (tertiary/aromatic N) is 1. The SMILES string of the molecule is CC(C)C(=O)NC[C@@H]1CCCN(C(=O)[C@@H]2CCCc3ccccc32)C1. The van der Waals surface area contributed by atoms with E-state index in [0.29, 0.717) is 12.5 Å². The summed E-state index contributed by atoms with van der Waals surface area (Å²) >= 11 is 0. The fourth-order valence-electron chi connectivity index (χ4n) is 4.11. The third-order valence-electron chi connectivity index (χ3n) is 5.59. The van der Waals surface area contributed by atoms with Crippen LogP contribution in [0.15, 0.2) is 24.3 Å². The van der Waals surface area contributed by atoms with Gasteiger partial charge in [0.05, 0.1) is 5.92 Å². The number of piperidine rings is 1. The van der Waals surface area contributed by atoms with Crippen molar-refractivity contribution in [2.24, 2.45) is 11.8 Å². The first-order valence-electron chi connectivity index (χ1n) is 9.70. The molecule has 136 valence electrons. The Kier molecular flexibility index (Phi) is 5.77. The molecule has 2 aliphatic rings. The van der Waals surface area contributed by atoms with Crippen LogP contribution < -0.4 is 5.32 Å². The fraction of sp³-hybridized carbons (Fsp3) is 0.619. The van der Waals surface area contributed by atoms with Crippen molar-refractivity contribution < 1.29 is 9.59 Å². The van der Waals surface area contributed by atoms with E-state index in [2.05, 4.69) is 23.5 Å². The first kappa shape index (κ1) is 18.0. The first-order chi connectivity index (χ1) is 12.1. The number of rotatable bonds is 4. The summed E-state index contributed by atoms with van der Waals surface area (Å²) in [6, 6.07) is 8.40. The molecule has 0 spiro atoms. The molecule has 4 heteroatoms. The Morgan fingerprint density at radius 1 is 1.20 bits per heavy atom. The molecule has 1 fully saturated rings. The Hall–Kier alpha value is -1.84. The van der Waals surface area contributed by atoms with Gasteiger partial charge >= 0.3 is 0 Å². The predicted molar refractivity (Wildman–Crippen MR) is 99.3 cm³/mol. The molecule has 25 heavy (non-hydrogen) atoms. The maximum absolute atomic E-state index is 13.1. The lowest BCUT2D eigenvalue weighted by atomic mass is 9.81. The molecule has 0 radical (unpaired) electrons. The van der Waals surface area contributed by atoms with Gasteiger partial charge in [0, 0.05) is 25.6 Å². The summed E-state index contributed by atoms with van der Waals surface area (Å²) in [5.74, 6) is 0.796. The van der Waals surface area contributed by atoms with Crippen molar-refractivity contribution in [1.29, 1.82) is 0 Å². The molecule has 0 aromatic heterocycles. The number of amides is 2. The minimum Gasteiger partial charge on any atom is -0.356 e. The van der Waals surface area contributed by atoms with Crippen LogP contribution in [-0.2, 0) is 16.0 Å². The van der Waals surface area contributed by atoms with E-state index < -0.39 is 0 Å². The normalized spacial score (nSPS) is 23.2. The van der Waals surface area contributed by atoms with Crippen molar-refractivity contribution in [1.82, 2.24) is 10.2 Å². The van der Waals surface area contributed by atoms with E-state index in [1.165, 1.54) is 11.1 Å². The van der Waals surface area contributed by atoms with E-state index >= 15 is 0 Å². The molecule has 4 nitrogen and oxygen atoms in total. The van der Waals surface area contributed by atoms with E-state index in [0.717, 1.165) is 45.2 Å². The molecular formula is C21H30N2O2. The lowest BCUT2D eigenvalue weighted by Gasteiger charge is -2.36. The van der Waals surface area contributed by atoms with Gasteiger partial charge in [-0.2, -0.15) is 0 Å². The van der Waals surface area contributed by atoms with Crippen LogP contribution in [0.4, 0.5) is 0 Å².